The minimum absolute atomic E-state index is 0.201. The van der Waals surface area contributed by atoms with Crippen molar-refractivity contribution in [1.82, 2.24) is 0 Å². The van der Waals surface area contributed by atoms with E-state index in [1.54, 1.807) is 0 Å². The van der Waals surface area contributed by atoms with Gasteiger partial charge in [-0.25, -0.2) is 0 Å². The monoisotopic (exact) mass is 274 g/mol. The Balaban J connectivity index is 2.25. The molecule has 110 valence electrons. The van der Waals surface area contributed by atoms with Crippen LogP contribution < -0.4 is 0 Å². The largest absolute Gasteiger partial charge is 0.481 e. The van der Waals surface area contributed by atoms with Crippen molar-refractivity contribution in [2.45, 2.75) is 58.3 Å². The van der Waals surface area contributed by atoms with E-state index in [0.29, 0.717) is 6.42 Å². The van der Waals surface area contributed by atoms with Crippen molar-refractivity contribution >= 4 is 12.0 Å². The molecule has 0 aliphatic carbocycles. The lowest BCUT2D eigenvalue weighted by Gasteiger charge is -2.00. The summed E-state index contributed by atoms with van der Waals surface area (Å²) in [5.41, 5.74) is 2.28. The topological polar surface area (TPSA) is 37.3 Å². The molecule has 0 fully saturated rings. The molecule has 0 amide bonds. The third kappa shape index (κ3) is 7.78. The van der Waals surface area contributed by atoms with Crippen LogP contribution in [0, 0.1) is 0 Å². The molecule has 1 rings (SSSR count). The van der Waals surface area contributed by atoms with Crippen LogP contribution in [0.25, 0.3) is 6.08 Å². The van der Waals surface area contributed by atoms with Crippen LogP contribution in [0.5, 0.6) is 0 Å². The van der Waals surface area contributed by atoms with Crippen molar-refractivity contribution in [3.63, 3.8) is 0 Å². The van der Waals surface area contributed by atoms with E-state index in [-0.39, 0.29) is 6.42 Å². The van der Waals surface area contributed by atoms with E-state index in [9.17, 15) is 4.79 Å². The van der Waals surface area contributed by atoms with E-state index in [4.69, 9.17) is 5.11 Å². The van der Waals surface area contributed by atoms with Gasteiger partial charge in [-0.1, -0.05) is 69.0 Å². The number of allylic oxidation sites excluding steroid dienone is 1. The van der Waals surface area contributed by atoms with Crippen molar-refractivity contribution < 1.29 is 9.90 Å². The summed E-state index contributed by atoms with van der Waals surface area (Å²) in [7, 11) is 0. The molecule has 0 heterocycles. The van der Waals surface area contributed by atoms with Gasteiger partial charge in [0.1, 0.15) is 0 Å². The molecule has 1 N–H and O–H groups in total. The Morgan fingerprint density at radius 1 is 1.10 bits per heavy atom. The quantitative estimate of drug-likeness (QED) is 0.604. The van der Waals surface area contributed by atoms with Crippen LogP contribution in [-0.4, -0.2) is 11.1 Å². The highest BCUT2D eigenvalue weighted by molar-refractivity contribution is 5.67. The molecule has 0 aliphatic rings. The summed E-state index contributed by atoms with van der Waals surface area (Å²) in [6, 6.07) is 8.16. The lowest BCUT2D eigenvalue weighted by atomic mass is 10.1. The zero-order valence-electron chi connectivity index (χ0n) is 12.5. The number of carbonyl (C=O) groups is 1. The lowest BCUT2D eigenvalue weighted by Crippen LogP contribution is -1.97. The maximum absolute atomic E-state index is 10.5. The van der Waals surface area contributed by atoms with E-state index in [1.165, 1.54) is 37.7 Å². The number of hydrogen-bond acceptors (Lipinski definition) is 1. The van der Waals surface area contributed by atoms with Gasteiger partial charge < -0.3 is 5.11 Å². The van der Waals surface area contributed by atoms with Crippen molar-refractivity contribution in [2.24, 2.45) is 0 Å². The van der Waals surface area contributed by atoms with Gasteiger partial charge in [0.05, 0.1) is 0 Å². The van der Waals surface area contributed by atoms with Gasteiger partial charge in [0, 0.05) is 6.42 Å². The molecule has 0 spiro atoms. The second kappa shape index (κ2) is 10.2. The predicted molar refractivity (Wildman–Crippen MR) is 84.8 cm³/mol. The van der Waals surface area contributed by atoms with Crippen molar-refractivity contribution in [3.05, 3.63) is 41.5 Å². The number of rotatable bonds is 10. The summed E-state index contributed by atoms with van der Waals surface area (Å²) >= 11 is 0. The molecule has 0 saturated heterocycles. The van der Waals surface area contributed by atoms with E-state index >= 15 is 0 Å². The summed E-state index contributed by atoms with van der Waals surface area (Å²) in [5.74, 6) is -0.739. The molecule has 1 aromatic carbocycles. The number of carboxylic acid groups (broad SMARTS) is 1. The van der Waals surface area contributed by atoms with Crippen LogP contribution in [0.3, 0.4) is 0 Å². The summed E-state index contributed by atoms with van der Waals surface area (Å²) in [5, 5.41) is 8.64. The number of aliphatic carboxylic acids is 1. The molecular formula is C18H26O2. The van der Waals surface area contributed by atoms with Gasteiger partial charge in [-0.05, 0) is 30.4 Å². The van der Waals surface area contributed by atoms with Gasteiger partial charge in [-0.15, -0.1) is 0 Å². The van der Waals surface area contributed by atoms with Crippen LogP contribution in [0.2, 0.25) is 0 Å². The molecule has 0 bridgehead atoms. The standard InChI is InChI=1S/C18H26O2/c1-2-3-4-5-6-7-8-9-16-10-12-17(13-11-16)14-15-18(19)20/h8-13H,2-7,14-15H2,1H3,(H,19,20). The van der Waals surface area contributed by atoms with Crippen molar-refractivity contribution in [1.29, 1.82) is 0 Å². The molecule has 20 heavy (non-hydrogen) atoms. The van der Waals surface area contributed by atoms with Crippen LogP contribution in [-0.2, 0) is 11.2 Å². The van der Waals surface area contributed by atoms with Gasteiger partial charge in [0.2, 0.25) is 0 Å². The van der Waals surface area contributed by atoms with Gasteiger partial charge in [0.25, 0.3) is 0 Å². The Labute approximate surface area is 122 Å². The second-order valence-corrected chi connectivity index (χ2v) is 5.24. The molecule has 2 heteroatoms. The molecular weight excluding hydrogens is 248 g/mol. The first-order valence-electron chi connectivity index (χ1n) is 7.69. The molecule has 1 aromatic rings. The molecule has 0 aliphatic heterocycles. The third-order valence-corrected chi connectivity index (χ3v) is 3.39. The molecule has 2 nitrogen and oxygen atoms in total. The van der Waals surface area contributed by atoms with Gasteiger partial charge in [0.15, 0.2) is 0 Å². The maximum atomic E-state index is 10.5. The predicted octanol–water partition coefficient (Wildman–Crippen LogP) is 5.08. The summed E-state index contributed by atoms with van der Waals surface area (Å²) in [4.78, 5) is 10.5. The Morgan fingerprint density at radius 3 is 2.45 bits per heavy atom. The zero-order valence-corrected chi connectivity index (χ0v) is 12.5. The number of unbranched alkanes of at least 4 members (excludes halogenated alkanes) is 5. The van der Waals surface area contributed by atoms with E-state index in [1.807, 2.05) is 12.1 Å². The van der Waals surface area contributed by atoms with Crippen LogP contribution in [0.1, 0.15) is 63.0 Å². The highest BCUT2D eigenvalue weighted by Gasteiger charge is 1.98. The minimum atomic E-state index is -0.739. The number of benzene rings is 1. The molecule has 0 aromatic heterocycles. The maximum Gasteiger partial charge on any atom is 0.303 e. The summed E-state index contributed by atoms with van der Waals surface area (Å²) < 4.78 is 0. The first kappa shape index (κ1) is 16.5. The Morgan fingerprint density at radius 2 is 1.80 bits per heavy atom. The van der Waals surface area contributed by atoms with Gasteiger partial charge >= 0.3 is 5.97 Å². The van der Waals surface area contributed by atoms with Crippen LogP contribution >= 0.6 is 0 Å². The highest BCUT2D eigenvalue weighted by Crippen LogP contribution is 2.10. The molecule has 0 unspecified atom stereocenters. The van der Waals surface area contributed by atoms with Crippen molar-refractivity contribution in [2.75, 3.05) is 0 Å². The van der Waals surface area contributed by atoms with E-state index < -0.39 is 5.97 Å². The fraction of sp³-hybridized carbons (Fsp3) is 0.500. The number of carboxylic acids is 1. The van der Waals surface area contributed by atoms with Crippen LogP contribution in [0.15, 0.2) is 30.3 Å². The Kier molecular flexibility index (Phi) is 8.44. The molecule has 0 saturated carbocycles. The highest BCUT2D eigenvalue weighted by atomic mass is 16.4. The van der Waals surface area contributed by atoms with Gasteiger partial charge in [-0.3, -0.25) is 4.79 Å². The summed E-state index contributed by atoms with van der Waals surface area (Å²) in [6.07, 6.45) is 12.9. The average Bonchev–Trinajstić information content (AvgIpc) is 2.45. The zero-order chi connectivity index (χ0) is 14.6. The minimum Gasteiger partial charge on any atom is -0.481 e. The van der Waals surface area contributed by atoms with Gasteiger partial charge in [-0.2, -0.15) is 0 Å². The fourth-order valence-corrected chi connectivity index (χ4v) is 2.13. The third-order valence-electron chi connectivity index (χ3n) is 3.39. The van der Waals surface area contributed by atoms with Crippen LogP contribution in [0.4, 0.5) is 0 Å². The van der Waals surface area contributed by atoms with E-state index in [0.717, 1.165) is 12.0 Å². The number of hydrogen-bond donors (Lipinski definition) is 1. The first-order valence-corrected chi connectivity index (χ1v) is 7.69. The lowest BCUT2D eigenvalue weighted by molar-refractivity contribution is -0.136. The van der Waals surface area contributed by atoms with Crippen molar-refractivity contribution in [3.8, 4) is 0 Å². The SMILES string of the molecule is CCCCCCCC=Cc1ccc(CCC(=O)O)cc1. The van der Waals surface area contributed by atoms with E-state index in [2.05, 4.69) is 31.2 Å². The normalized spacial score (nSPS) is 11.1. The average molecular weight is 274 g/mol. The molecule has 0 atom stereocenters. The summed E-state index contributed by atoms with van der Waals surface area (Å²) in [6.45, 7) is 2.24. The second-order valence-electron chi connectivity index (χ2n) is 5.24. The molecule has 0 radical (unpaired) electrons. The first-order chi connectivity index (χ1) is 9.72. The Hall–Kier alpha value is -1.57. The number of aryl methyl sites for hydroxylation is 1. The fourth-order valence-electron chi connectivity index (χ4n) is 2.13. The smallest absolute Gasteiger partial charge is 0.303 e. The Bertz CT molecular complexity index is 404.